The Labute approximate surface area is 152 Å². The lowest BCUT2D eigenvalue weighted by molar-refractivity contribution is 0.0475. The van der Waals surface area contributed by atoms with Gasteiger partial charge >= 0.3 is 11.9 Å². The highest BCUT2D eigenvalue weighted by molar-refractivity contribution is 6.20. The van der Waals surface area contributed by atoms with Gasteiger partial charge in [0.2, 0.25) is 0 Å². The van der Waals surface area contributed by atoms with Gasteiger partial charge in [-0.3, -0.25) is 0 Å². The zero-order valence-electron chi connectivity index (χ0n) is 13.9. The Bertz CT molecular complexity index is 658. The Balaban J connectivity index is 1.56. The number of benzene rings is 2. The molecule has 2 aromatic carbocycles. The highest BCUT2D eigenvalue weighted by atomic mass is 35.5. The molecule has 0 aliphatic carbocycles. The van der Waals surface area contributed by atoms with Crippen LogP contribution in [-0.2, 0) is 9.47 Å². The number of carbonyl (C=O) groups is 2. The summed E-state index contributed by atoms with van der Waals surface area (Å²) in [5.74, 6) is -0.676. The van der Waals surface area contributed by atoms with Gasteiger partial charge < -0.3 is 9.47 Å². The van der Waals surface area contributed by atoms with Gasteiger partial charge in [0, 0.05) is 5.38 Å². The Morgan fingerprint density at radius 1 is 0.760 bits per heavy atom. The minimum atomic E-state index is -0.346. The molecule has 0 radical (unpaired) electrons. The van der Waals surface area contributed by atoms with Crippen LogP contribution >= 0.6 is 11.6 Å². The SMILES string of the molecule is O=C(OCCC[C@H](Cl)CCOC(=O)c1ccccc1)c1ccccc1. The summed E-state index contributed by atoms with van der Waals surface area (Å²) >= 11 is 6.21. The van der Waals surface area contributed by atoms with Crippen LogP contribution in [0.25, 0.3) is 0 Å². The quantitative estimate of drug-likeness (QED) is 0.376. The number of halogens is 1. The first-order valence-electron chi connectivity index (χ1n) is 8.25. The smallest absolute Gasteiger partial charge is 0.338 e. The van der Waals surface area contributed by atoms with Gasteiger partial charge in [-0.15, -0.1) is 11.6 Å². The van der Waals surface area contributed by atoms with Gasteiger partial charge in [-0.05, 0) is 43.5 Å². The fourth-order valence-electron chi connectivity index (χ4n) is 2.21. The monoisotopic (exact) mass is 360 g/mol. The van der Waals surface area contributed by atoms with E-state index in [1.165, 1.54) is 0 Å². The third-order valence-corrected chi connectivity index (χ3v) is 4.01. The molecule has 0 unspecified atom stereocenters. The van der Waals surface area contributed by atoms with Crippen molar-refractivity contribution >= 4 is 23.5 Å². The normalized spacial score (nSPS) is 11.6. The lowest BCUT2D eigenvalue weighted by Gasteiger charge is -2.10. The molecule has 0 aliphatic heterocycles. The predicted molar refractivity (Wildman–Crippen MR) is 96.9 cm³/mol. The number of hydrogen-bond acceptors (Lipinski definition) is 4. The molecule has 0 aromatic heterocycles. The first kappa shape index (κ1) is 19.0. The summed E-state index contributed by atoms with van der Waals surface area (Å²) in [6.45, 7) is 0.590. The molecular formula is C20H21ClO4. The van der Waals surface area contributed by atoms with Crippen molar-refractivity contribution in [1.82, 2.24) is 0 Å². The number of alkyl halides is 1. The van der Waals surface area contributed by atoms with E-state index in [0.717, 1.165) is 0 Å². The molecule has 0 N–H and O–H groups in total. The number of esters is 2. The Kier molecular flexibility index (Phi) is 7.99. The van der Waals surface area contributed by atoms with Crippen LogP contribution in [0.5, 0.6) is 0 Å². The topological polar surface area (TPSA) is 52.6 Å². The van der Waals surface area contributed by atoms with Gasteiger partial charge in [-0.1, -0.05) is 36.4 Å². The van der Waals surface area contributed by atoms with Gasteiger partial charge in [0.05, 0.1) is 24.3 Å². The van der Waals surface area contributed by atoms with Crippen LogP contribution in [0.2, 0.25) is 0 Å². The summed E-state index contributed by atoms with van der Waals surface area (Å²) in [4.78, 5) is 23.5. The van der Waals surface area contributed by atoms with E-state index in [-0.39, 0.29) is 23.9 Å². The summed E-state index contributed by atoms with van der Waals surface area (Å²) in [7, 11) is 0. The zero-order chi connectivity index (χ0) is 17.9. The lowest BCUT2D eigenvalue weighted by atomic mass is 10.2. The minimum Gasteiger partial charge on any atom is -0.462 e. The molecule has 0 fully saturated rings. The molecule has 0 heterocycles. The van der Waals surface area contributed by atoms with Crippen LogP contribution in [0.1, 0.15) is 40.0 Å². The van der Waals surface area contributed by atoms with Gasteiger partial charge in [0.1, 0.15) is 0 Å². The van der Waals surface area contributed by atoms with Crippen molar-refractivity contribution in [2.45, 2.75) is 24.6 Å². The number of rotatable bonds is 9. The van der Waals surface area contributed by atoms with E-state index < -0.39 is 0 Å². The highest BCUT2D eigenvalue weighted by Crippen LogP contribution is 2.12. The van der Waals surface area contributed by atoms with Crippen LogP contribution in [0.15, 0.2) is 60.7 Å². The molecule has 0 amide bonds. The second kappa shape index (κ2) is 10.5. The average molecular weight is 361 g/mol. The Hall–Kier alpha value is -2.33. The molecule has 2 aromatic rings. The van der Waals surface area contributed by atoms with Crippen molar-refractivity contribution in [3.05, 3.63) is 71.8 Å². The summed E-state index contributed by atoms with van der Waals surface area (Å²) < 4.78 is 10.4. The van der Waals surface area contributed by atoms with Crippen molar-refractivity contribution in [2.24, 2.45) is 0 Å². The third-order valence-electron chi connectivity index (χ3n) is 3.58. The summed E-state index contributed by atoms with van der Waals surface area (Å²) in [5.41, 5.74) is 1.07. The summed E-state index contributed by atoms with van der Waals surface area (Å²) in [6.07, 6.45) is 1.92. The molecule has 132 valence electrons. The van der Waals surface area contributed by atoms with Gasteiger partial charge in [-0.25, -0.2) is 9.59 Å². The zero-order valence-corrected chi connectivity index (χ0v) is 14.7. The van der Waals surface area contributed by atoms with E-state index in [1.807, 2.05) is 12.1 Å². The van der Waals surface area contributed by atoms with Crippen molar-refractivity contribution < 1.29 is 19.1 Å². The fraction of sp³-hybridized carbons (Fsp3) is 0.300. The molecule has 1 atom stereocenters. The standard InChI is InChI=1S/C20H21ClO4/c21-18(13-15-25-20(23)17-10-5-2-6-11-17)12-7-14-24-19(22)16-8-3-1-4-9-16/h1-6,8-11,18H,7,12-15H2/t18-/m0/s1. The van der Waals surface area contributed by atoms with Crippen LogP contribution in [0.3, 0.4) is 0 Å². The average Bonchev–Trinajstić information content (AvgIpc) is 2.66. The van der Waals surface area contributed by atoms with Crippen molar-refractivity contribution in [2.75, 3.05) is 13.2 Å². The molecular weight excluding hydrogens is 340 g/mol. The van der Waals surface area contributed by atoms with Crippen molar-refractivity contribution in [3.8, 4) is 0 Å². The summed E-state index contributed by atoms with van der Waals surface area (Å²) in [6, 6.07) is 17.7. The number of hydrogen-bond donors (Lipinski definition) is 0. The summed E-state index contributed by atoms with van der Waals surface area (Å²) in [5, 5.41) is -0.126. The maximum atomic E-state index is 11.8. The van der Waals surface area contributed by atoms with Crippen LogP contribution in [0, 0.1) is 0 Å². The van der Waals surface area contributed by atoms with E-state index in [0.29, 0.717) is 37.0 Å². The molecule has 0 spiro atoms. The molecule has 2 rings (SSSR count). The predicted octanol–water partition coefficient (Wildman–Crippen LogP) is 4.48. The lowest BCUT2D eigenvalue weighted by Crippen LogP contribution is -2.12. The van der Waals surface area contributed by atoms with E-state index in [2.05, 4.69) is 0 Å². The second-order valence-electron chi connectivity index (χ2n) is 5.53. The number of ether oxygens (including phenoxy) is 2. The second-order valence-corrected chi connectivity index (χ2v) is 6.15. The Morgan fingerprint density at radius 3 is 1.76 bits per heavy atom. The van der Waals surface area contributed by atoms with Gasteiger partial charge in [-0.2, -0.15) is 0 Å². The molecule has 4 nitrogen and oxygen atoms in total. The third kappa shape index (κ3) is 6.98. The molecule has 5 heteroatoms. The number of carbonyl (C=O) groups excluding carboxylic acids is 2. The maximum Gasteiger partial charge on any atom is 0.338 e. The maximum absolute atomic E-state index is 11.8. The van der Waals surface area contributed by atoms with E-state index in [4.69, 9.17) is 21.1 Å². The highest BCUT2D eigenvalue weighted by Gasteiger charge is 2.10. The van der Waals surface area contributed by atoms with E-state index in [9.17, 15) is 9.59 Å². The Morgan fingerprint density at radius 2 is 1.24 bits per heavy atom. The molecule has 0 aliphatic rings. The van der Waals surface area contributed by atoms with Crippen LogP contribution in [0.4, 0.5) is 0 Å². The fourth-order valence-corrected chi connectivity index (χ4v) is 2.45. The largest absolute Gasteiger partial charge is 0.462 e. The van der Waals surface area contributed by atoms with Gasteiger partial charge in [0.25, 0.3) is 0 Å². The van der Waals surface area contributed by atoms with Crippen molar-refractivity contribution in [3.63, 3.8) is 0 Å². The van der Waals surface area contributed by atoms with Crippen molar-refractivity contribution in [1.29, 1.82) is 0 Å². The van der Waals surface area contributed by atoms with Crippen LogP contribution in [-0.4, -0.2) is 30.5 Å². The minimum absolute atomic E-state index is 0.126. The molecule has 25 heavy (non-hydrogen) atoms. The first-order chi connectivity index (χ1) is 12.2. The van der Waals surface area contributed by atoms with Gasteiger partial charge in [0.15, 0.2) is 0 Å². The molecule has 0 saturated carbocycles. The van der Waals surface area contributed by atoms with E-state index >= 15 is 0 Å². The first-order valence-corrected chi connectivity index (χ1v) is 8.69. The molecule has 0 bridgehead atoms. The molecule has 0 saturated heterocycles. The van der Waals surface area contributed by atoms with Crippen LogP contribution < -0.4 is 0 Å². The van der Waals surface area contributed by atoms with E-state index in [1.54, 1.807) is 48.5 Å².